The van der Waals surface area contributed by atoms with E-state index in [0.29, 0.717) is 6.42 Å². The molecule has 0 saturated heterocycles. The van der Waals surface area contributed by atoms with Crippen LogP contribution in [-0.2, 0) is 4.79 Å². The molecule has 4 nitrogen and oxygen atoms in total. The Balaban J connectivity index is 3.47. The van der Waals surface area contributed by atoms with E-state index in [-0.39, 0.29) is 12.5 Å². The van der Waals surface area contributed by atoms with E-state index in [9.17, 15) is 15.0 Å². The van der Waals surface area contributed by atoms with Crippen LogP contribution in [0, 0.1) is 0 Å². The Kier molecular flexibility index (Phi) is 58.2. The van der Waals surface area contributed by atoms with Gasteiger partial charge in [0.25, 0.3) is 0 Å². The quantitative estimate of drug-likeness (QED) is 0.0420. The van der Waals surface area contributed by atoms with Gasteiger partial charge in [-0.15, -0.1) is 0 Å². The summed E-state index contributed by atoms with van der Waals surface area (Å²) in [6.07, 6.45) is 86.6. The Morgan fingerprint density at radius 3 is 0.957 bits per heavy atom. The first-order valence-corrected chi connectivity index (χ1v) is 30.7. The van der Waals surface area contributed by atoms with E-state index in [4.69, 9.17) is 0 Å². The molecular formula is C65H119NO3. The van der Waals surface area contributed by atoms with Crippen LogP contribution >= 0.6 is 0 Å². The zero-order valence-corrected chi connectivity index (χ0v) is 46.3. The van der Waals surface area contributed by atoms with Crippen molar-refractivity contribution in [2.75, 3.05) is 6.61 Å². The molecule has 0 aromatic rings. The smallest absolute Gasteiger partial charge is 0.220 e. The third kappa shape index (κ3) is 56.6. The van der Waals surface area contributed by atoms with Crippen LogP contribution < -0.4 is 5.32 Å². The van der Waals surface area contributed by atoms with Crippen molar-refractivity contribution in [3.63, 3.8) is 0 Å². The second-order valence-electron chi connectivity index (χ2n) is 20.7. The Morgan fingerprint density at radius 1 is 0.362 bits per heavy atom. The minimum Gasteiger partial charge on any atom is -0.394 e. The highest BCUT2D eigenvalue weighted by molar-refractivity contribution is 5.76. The fourth-order valence-corrected chi connectivity index (χ4v) is 9.33. The number of rotatable bonds is 56. The first kappa shape index (κ1) is 66.8. The van der Waals surface area contributed by atoms with Crippen molar-refractivity contribution in [1.82, 2.24) is 5.32 Å². The summed E-state index contributed by atoms with van der Waals surface area (Å²) in [6.45, 7) is 4.22. The molecule has 0 bridgehead atoms. The maximum atomic E-state index is 12.5. The highest BCUT2D eigenvalue weighted by atomic mass is 16.3. The molecule has 0 aliphatic heterocycles. The summed E-state index contributed by atoms with van der Waals surface area (Å²) in [5, 5.41) is 23.2. The number of carbonyl (C=O) groups is 1. The number of hydrogen-bond donors (Lipinski definition) is 3. The standard InChI is InChI=1S/C65H119NO3/c1-3-5-7-9-11-13-15-17-19-21-23-25-27-28-29-30-31-32-33-34-35-36-37-38-39-41-43-45-47-49-51-53-55-57-59-61-65(69)66-63(62-67)64(68)60-58-56-54-52-50-48-46-44-42-40-26-24-22-20-18-16-14-12-10-8-6-4-2/h5,7,11,13,17,19,23,25,28-29,58,60,63-64,67-68H,3-4,6,8-10,12,14-16,18,20-22,24,26-27,30-57,59,61-62H2,1-2H3,(H,66,69)/b7-5-,13-11-,19-17-,25-23-,29-28-,60-58+. The van der Waals surface area contributed by atoms with E-state index >= 15 is 0 Å². The Labute approximate surface area is 431 Å². The summed E-state index contributed by atoms with van der Waals surface area (Å²) in [6, 6.07) is -0.624. The van der Waals surface area contributed by atoms with Gasteiger partial charge in [0.2, 0.25) is 5.91 Å². The lowest BCUT2D eigenvalue weighted by molar-refractivity contribution is -0.123. The van der Waals surface area contributed by atoms with Gasteiger partial charge in [0.15, 0.2) is 0 Å². The zero-order chi connectivity index (χ0) is 49.9. The number of aliphatic hydroxyl groups excluding tert-OH is 2. The summed E-state index contributed by atoms with van der Waals surface area (Å²) in [5.74, 6) is -0.0602. The van der Waals surface area contributed by atoms with Crippen molar-refractivity contribution >= 4 is 5.91 Å². The predicted octanol–water partition coefficient (Wildman–Crippen LogP) is 20.5. The van der Waals surface area contributed by atoms with Gasteiger partial charge in [0.05, 0.1) is 18.8 Å². The topological polar surface area (TPSA) is 69.6 Å². The molecule has 0 aromatic carbocycles. The van der Waals surface area contributed by atoms with Gasteiger partial charge in [0, 0.05) is 6.42 Å². The maximum Gasteiger partial charge on any atom is 0.220 e. The molecule has 3 N–H and O–H groups in total. The molecular weight excluding hydrogens is 843 g/mol. The van der Waals surface area contributed by atoms with Crippen LogP contribution in [0.3, 0.4) is 0 Å². The molecule has 0 rings (SSSR count). The molecule has 2 unspecified atom stereocenters. The molecule has 402 valence electrons. The molecule has 0 aliphatic carbocycles. The molecule has 0 saturated carbocycles. The van der Waals surface area contributed by atoms with Gasteiger partial charge in [-0.2, -0.15) is 0 Å². The highest BCUT2D eigenvalue weighted by Crippen LogP contribution is 2.17. The van der Waals surface area contributed by atoms with Crippen LogP contribution in [0.2, 0.25) is 0 Å². The van der Waals surface area contributed by atoms with Crippen LogP contribution in [0.25, 0.3) is 0 Å². The average Bonchev–Trinajstić information content (AvgIpc) is 3.35. The van der Waals surface area contributed by atoms with Crippen molar-refractivity contribution in [3.05, 3.63) is 72.9 Å². The molecule has 4 heteroatoms. The van der Waals surface area contributed by atoms with Crippen LogP contribution in [0.5, 0.6) is 0 Å². The number of allylic oxidation sites excluding steroid dienone is 11. The largest absolute Gasteiger partial charge is 0.394 e. The van der Waals surface area contributed by atoms with Crippen molar-refractivity contribution in [2.24, 2.45) is 0 Å². The minimum atomic E-state index is -0.841. The molecule has 0 heterocycles. The molecule has 69 heavy (non-hydrogen) atoms. The molecule has 0 radical (unpaired) electrons. The summed E-state index contributed by atoms with van der Waals surface area (Å²) in [4.78, 5) is 12.5. The first-order chi connectivity index (χ1) is 34.2. The maximum absolute atomic E-state index is 12.5. The average molecular weight is 963 g/mol. The second kappa shape index (κ2) is 60.1. The summed E-state index contributed by atoms with van der Waals surface area (Å²) in [5.41, 5.74) is 0. The Bertz CT molecular complexity index is 1180. The van der Waals surface area contributed by atoms with E-state index in [0.717, 1.165) is 57.8 Å². The van der Waals surface area contributed by atoms with Crippen molar-refractivity contribution in [3.8, 4) is 0 Å². The number of unbranched alkanes of at least 4 members (excludes halogenated alkanes) is 39. The molecule has 0 aliphatic rings. The Morgan fingerprint density at radius 2 is 0.638 bits per heavy atom. The van der Waals surface area contributed by atoms with Crippen molar-refractivity contribution < 1.29 is 15.0 Å². The van der Waals surface area contributed by atoms with Crippen LogP contribution in [-0.4, -0.2) is 34.9 Å². The second-order valence-corrected chi connectivity index (χ2v) is 20.7. The summed E-state index contributed by atoms with van der Waals surface area (Å²) < 4.78 is 0. The number of amides is 1. The van der Waals surface area contributed by atoms with Crippen molar-refractivity contribution in [1.29, 1.82) is 0 Å². The van der Waals surface area contributed by atoms with E-state index in [1.54, 1.807) is 6.08 Å². The van der Waals surface area contributed by atoms with Crippen LogP contribution in [0.1, 0.15) is 316 Å². The van der Waals surface area contributed by atoms with Gasteiger partial charge in [-0.3, -0.25) is 4.79 Å². The van der Waals surface area contributed by atoms with Gasteiger partial charge in [-0.05, 0) is 64.2 Å². The first-order valence-electron chi connectivity index (χ1n) is 30.7. The summed E-state index contributed by atoms with van der Waals surface area (Å²) >= 11 is 0. The van der Waals surface area contributed by atoms with E-state index in [2.05, 4.69) is 79.9 Å². The fraction of sp³-hybridized carbons (Fsp3) is 0.800. The highest BCUT2D eigenvalue weighted by Gasteiger charge is 2.18. The van der Waals surface area contributed by atoms with E-state index in [1.807, 2.05) is 6.08 Å². The Hall–Kier alpha value is -2.17. The molecule has 2 atom stereocenters. The van der Waals surface area contributed by atoms with Crippen molar-refractivity contribution in [2.45, 2.75) is 328 Å². The molecule has 0 spiro atoms. The van der Waals surface area contributed by atoms with E-state index in [1.165, 1.54) is 238 Å². The predicted molar refractivity (Wildman–Crippen MR) is 308 cm³/mol. The number of aliphatic hydroxyl groups is 2. The summed E-state index contributed by atoms with van der Waals surface area (Å²) in [7, 11) is 0. The van der Waals surface area contributed by atoms with Gasteiger partial charge in [0.1, 0.15) is 0 Å². The van der Waals surface area contributed by atoms with E-state index < -0.39 is 12.1 Å². The number of hydrogen-bond acceptors (Lipinski definition) is 3. The van der Waals surface area contributed by atoms with Gasteiger partial charge in [-0.1, -0.05) is 318 Å². The SMILES string of the molecule is CC/C=C\C/C=C\C/C=C\C/C=C\C/C=C\CCCCCCCCCCCCCCCCCCCCCC(=O)NC(CO)C(O)/C=C/CCCCCCCCCCCCCCCCCCCCCC. The lowest BCUT2D eigenvalue weighted by Gasteiger charge is -2.20. The van der Waals surface area contributed by atoms with Gasteiger partial charge < -0.3 is 15.5 Å². The number of nitrogens with one attached hydrogen (secondary N) is 1. The fourth-order valence-electron chi connectivity index (χ4n) is 9.33. The van der Waals surface area contributed by atoms with Gasteiger partial charge >= 0.3 is 0 Å². The zero-order valence-electron chi connectivity index (χ0n) is 46.3. The lowest BCUT2D eigenvalue weighted by Crippen LogP contribution is -2.45. The minimum absolute atomic E-state index is 0.0602. The monoisotopic (exact) mass is 962 g/mol. The van der Waals surface area contributed by atoms with Gasteiger partial charge in [-0.25, -0.2) is 0 Å². The van der Waals surface area contributed by atoms with Crippen LogP contribution in [0.15, 0.2) is 72.9 Å². The third-order valence-electron chi connectivity index (χ3n) is 13.9. The molecule has 1 amide bonds. The third-order valence-corrected chi connectivity index (χ3v) is 13.9. The normalized spacial score (nSPS) is 13.3. The number of carbonyl (C=O) groups excluding carboxylic acids is 1. The molecule has 0 aromatic heterocycles. The lowest BCUT2D eigenvalue weighted by atomic mass is 10.0. The molecule has 0 fully saturated rings. The van der Waals surface area contributed by atoms with Crippen LogP contribution in [0.4, 0.5) is 0 Å².